The summed E-state index contributed by atoms with van der Waals surface area (Å²) in [4.78, 5) is 0. The fraction of sp³-hybridized carbons (Fsp3) is 0.333. The van der Waals surface area contributed by atoms with E-state index >= 15 is 0 Å². The van der Waals surface area contributed by atoms with Crippen LogP contribution in [0.5, 0.6) is 11.5 Å². The van der Waals surface area contributed by atoms with Crippen LogP contribution < -0.4 is 5.32 Å². The van der Waals surface area contributed by atoms with Crippen molar-refractivity contribution >= 4 is 6.08 Å². The zero-order valence-electron chi connectivity index (χ0n) is 9.07. The second kappa shape index (κ2) is 5.41. The quantitative estimate of drug-likeness (QED) is 0.663. The summed E-state index contributed by atoms with van der Waals surface area (Å²) in [5.41, 5.74) is 0.870. The Morgan fingerprint density at radius 2 is 2.07 bits per heavy atom. The number of hydrogen-bond acceptors (Lipinski definition) is 3. The van der Waals surface area contributed by atoms with E-state index in [9.17, 15) is 5.11 Å². The highest BCUT2D eigenvalue weighted by molar-refractivity contribution is 5.55. The van der Waals surface area contributed by atoms with Crippen molar-refractivity contribution in [2.24, 2.45) is 0 Å². The molecule has 0 bridgehead atoms. The molecule has 0 aliphatic carbocycles. The summed E-state index contributed by atoms with van der Waals surface area (Å²) in [6, 6.07) is 5.06. The molecule has 0 fully saturated rings. The predicted molar refractivity (Wildman–Crippen MR) is 61.9 cm³/mol. The maximum absolute atomic E-state index is 9.27. The monoisotopic (exact) mass is 207 g/mol. The SMILES string of the molecule is CCNC(C)/C=C/c1ccc(O)c(O)c1. The Morgan fingerprint density at radius 1 is 1.33 bits per heavy atom. The lowest BCUT2D eigenvalue weighted by atomic mass is 10.1. The molecule has 3 N–H and O–H groups in total. The molecule has 1 rings (SSSR count). The summed E-state index contributed by atoms with van der Waals surface area (Å²) >= 11 is 0. The molecule has 0 aliphatic rings. The Balaban J connectivity index is 2.68. The molecule has 0 heterocycles. The minimum Gasteiger partial charge on any atom is -0.504 e. The lowest BCUT2D eigenvalue weighted by Gasteiger charge is -2.05. The van der Waals surface area contributed by atoms with Crippen LogP contribution in [-0.2, 0) is 0 Å². The molecule has 0 spiro atoms. The fourth-order valence-corrected chi connectivity index (χ4v) is 1.29. The first-order valence-corrected chi connectivity index (χ1v) is 5.07. The maximum Gasteiger partial charge on any atom is 0.157 e. The van der Waals surface area contributed by atoms with Gasteiger partial charge in [-0.15, -0.1) is 0 Å². The molecule has 1 unspecified atom stereocenters. The number of rotatable bonds is 4. The van der Waals surface area contributed by atoms with Gasteiger partial charge in [-0.25, -0.2) is 0 Å². The van der Waals surface area contributed by atoms with E-state index in [1.165, 1.54) is 12.1 Å². The van der Waals surface area contributed by atoms with E-state index in [0.29, 0.717) is 6.04 Å². The normalized spacial score (nSPS) is 13.2. The van der Waals surface area contributed by atoms with Gasteiger partial charge >= 0.3 is 0 Å². The third kappa shape index (κ3) is 3.64. The average Bonchev–Trinajstić information content (AvgIpc) is 2.20. The van der Waals surface area contributed by atoms with Crippen molar-refractivity contribution < 1.29 is 10.2 Å². The third-order valence-electron chi connectivity index (χ3n) is 2.10. The van der Waals surface area contributed by atoms with Crippen LogP contribution in [0.3, 0.4) is 0 Å². The maximum atomic E-state index is 9.27. The van der Waals surface area contributed by atoms with E-state index in [4.69, 9.17) is 5.11 Å². The van der Waals surface area contributed by atoms with Crippen molar-refractivity contribution in [1.82, 2.24) is 5.32 Å². The van der Waals surface area contributed by atoms with Gasteiger partial charge in [0.1, 0.15) is 0 Å². The highest BCUT2D eigenvalue weighted by Gasteiger charge is 1.98. The minimum absolute atomic E-state index is 0.0896. The first kappa shape index (κ1) is 11.6. The molecular weight excluding hydrogens is 190 g/mol. The van der Waals surface area contributed by atoms with Crippen molar-refractivity contribution in [2.45, 2.75) is 19.9 Å². The van der Waals surface area contributed by atoms with E-state index in [1.54, 1.807) is 6.07 Å². The van der Waals surface area contributed by atoms with Gasteiger partial charge in [-0.3, -0.25) is 0 Å². The summed E-state index contributed by atoms with van der Waals surface area (Å²) in [5, 5.41) is 21.6. The average molecular weight is 207 g/mol. The van der Waals surface area contributed by atoms with Crippen LogP contribution in [0.1, 0.15) is 19.4 Å². The minimum atomic E-state index is -0.0909. The van der Waals surface area contributed by atoms with Crippen molar-refractivity contribution in [2.75, 3.05) is 6.54 Å². The molecule has 0 saturated carbocycles. The highest BCUT2D eigenvalue weighted by atomic mass is 16.3. The van der Waals surface area contributed by atoms with Gasteiger partial charge in [-0.1, -0.05) is 25.1 Å². The van der Waals surface area contributed by atoms with E-state index in [2.05, 4.69) is 19.2 Å². The fourth-order valence-electron chi connectivity index (χ4n) is 1.29. The first-order chi connectivity index (χ1) is 7.13. The Kier molecular flexibility index (Phi) is 4.18. The van der Waals surface area contributed by atoms with E-state index < -0.39 is 0 Å². The molecule has 0 aromatic heterocycles. The van der Waals surface area contributed by atoms with Crippen LogP contribution in [0.15, 0.2) is 24.3 Å². The zero-order valence-corrected chi connectivity index (χ0v) is 9.07. The van der Waals surface area contributed by atoms with Crippen LogP contribution in [0.4, 0.5) is 0 Å². The summed E-state index contributed by atoms with van der Waals surface area (Å²) in [6.07, 6.45) is 3.92. The molecule has 3 nitrogen and oxygen atoms in total. The molecule has 0 radical (unpaired) electrons. The van der Waals surface area contributed by atoms with Crippen LogP contribution in [-0.4, -0.2) is 22.8 Å². The highest BCUT2D eigenvalue weighted by Crippen LogP contribution is 2.25. The van der Waals surface area contributed by atoms with Gasteiger partial charge in [0.25, 0.3) is 0 Å². The largest absolute Gasteiger partial charge is 0.504 e. The number of phenolic OH excluding ortho intramolecular Hbond substituents is 2. The van der Waals surface area contributed by atoms with Crippen LogP contribution in [0.2, 0.25) is 0 Å². The Morgan fingerprint density at radius 3 is 2.67 bits per heavy atom. The molecule has 15 heavy (non-hydrogen) atoms. The van der Waals surface area contributed by atoms with Crippen molar-refractivity contribution in [3.63, 3.8) is 0 Å². The van der Waals surface area contributed by atoms with E-state index in [-0.39, 0.29) is 11.5 Å². The zero-order chi connectivity index (χ0) is 11.3. The van der Waals surface area contributed by atoms with Crippen molar-refractivity contribution in [3.05, 3.63) is 29.8 Å². The Hall–Kier alpha value is -1.48. The first-order valence-electron chi connectivity index (χ1n) is 5.07. The number of hydrogen-bond donors (Lipinski definition) is 3. The number of nitrogens with one attached hydrogen (secondary N) is 1. The van der Waals surface area contributed by atoms with E-state index in [0.717, 1.165) is 12.1 Å². The molecule has 3 heteroatoms. The van der Waals surface area contributed by atoms with Gasteiger partial charge in [-0.2, -0.15) is 0 Å². The van der Waals surface area contributed by atoms with Gasteiger partial charge in [0, 0.05) is 6.04 Å². The van der Waals surface area contributed by atoms with Gasteiger partial charge in [0.15, 0.2) is 11.5 Å². The molecular formula is C12H17NO2. The van der Waals surface area contributed by atoms with Crippen molar-refractivity contribution in [3.8, 4) is 11.5 Å². The predicted octanol–water partition coefficient (Wildman–Crippen LogP) is 2.11. The van der Waals surface area contributed by atoms with E-state index in [1.807, 2.05) is 12.2 Å². The number of phenols is 2. The molecule has 82 valence electrons. The molecule has 0 saturated heterocycles. The molecule has 0 aliphatic heterocycles. The third-order valence-corrected chi connectivity index (χ3v) is 2.10. The molecule has 0 amide bonds. The standard InChI is InChI=1S/C12H17NO2/c1-3-13-9(2)4-5-10-6-7-11(14)12(15)8-10/h4-9,13-15H,3H2,1-2H3/b5-4+. The lowest BCUT2D eigenvalue weighted by molar-refractivity contribution is 0.403. The summed E-state index contributed by atoms with van der Waals surface area (Å²) in [6.45, 7) is 5.03. The van der Waals surface area contributed by atoms with Gasteiger partial charge in [-0.05, 0) is 31.2 Å². The smallest absolute Gasteiger partial charge is 0.157 e. The number of aromatic hydroxyl groups is 2. The van der Waals surface area contributed by atoms with Crippen LogP contribution in [0, 0.1) is 0 Å². The second-order valence-corrected chi connectivity index (χ2v) is 3.45. The molecule has 1 aromatic rings. The van der Waals surface area contributed by atoms with Gasteiger partial charge < -0.3 is 15.5 Å². The molecule has 1 aromatic carbocycles. The number of benzene rings is 1. The Labute approximate surface area is 90.1 Å². The van der Waals surface area contributed by atoms with Gasteiger partial charge in [0.05, 0.1) is 0 Å². The van der Waals surface area contributed by atoms with Crippen molar-refractivity contribution in [1.29, 1.82) is 0 Å². The van der Waals surface area contributed by atoms with Crippen LogP contribution >= 0.6 is 0 Å². The lowest BCUT2D eigenvalue weighted by Crippen LogP contribution is -2.22. The number of likely N-dealkylation sites (N-methyl/N-ethyl adjacent to an activating group) is 1. The summed E-state index contributed by atoms with van der Waals surface area (Å²) < 4.78 is 0. The van der Waals surface area contributed by atoms with Gasteiger partial charge in [0.2, 0.25) is 0 Å². The second-order valence-electron chi connectivity index (χ2n) is 3.45. The summed E-state index contributed by atoms with van der Waals surface area (Å²) in [7, 11) is 0. The topological polar surface area (TPSA) is 52.5 Å². The van der Waals surface area contributed by atoms with Crippen LogP contribution in [0.25, 0.3) is 6.08 Å². The Bertz CT molecular complexity index is 347. The summed E-state index contributed by atoms with van der Waals surface area (Å²) in [5.74, 6) is -0.180. The molecule has 1 atom stereocenters.